The van der Waals surface area contributed by atoms with Gasteiger partial charge in [0, 0.05) is 44.3 Å². The smallest absolute Gasteiger partial charge is 0.320 e. The summed E-state index contributed by atoms with van der Waals surface area (Å²) in [6.07, 6.45) is 2.34. The highest BCUT2D eigenvalue weighted by molar-refractivity contribution is 5.75. The molecule has 2 amide bonds. The predicted molar refractivity (Wildman–Crippen MR) is 73.7 cm³/mol. The molecule has 4 heteroatoms. The van der Waals surface area contributed by atoms with Crippen molar-refractivity contribution in [2.24, 2.45) is 0 Å². The number of piperazine rings is 1. The number of hydrogen-bond acceptors (Lipinski definition) is 2. The molecule has 2 atom stereocenters. The van der Waals surface area contributed by atoms with E-state index in [1.54, 1.807) is 0 Å². The maximum absolute atomic E-state index is 12.4. The van der Waals surface area contributed by atoms with Crippen LogP contribution >= 0.6 is 0 Å². The van der Waals surface area contributed by atoms with Crippen LogP contribution in [0.2, 0.25) is 0 Å². The highest BCUT2D eigenvalue weighted by Gasteiger charge is 2.35. The fourth-order valence-electron chi connectivity index (χ4n) is 3.62. The highest BCUT2D eigenvalue weighted by Crippen LogP contribution is 2.21. The fraction of sp³-hybridized carbons (Fsp3) is 0.929. The van der Waals surface area contributed by atoms with Gasteiger partial charge in [0.1, 0.15) is 0 Å². The molecule has 2 heterocycles. The first-order valence-electron chi connectivity index (χ1n) is 7.32. The van der Waals surface area contributed by atoms with Crippen LogP contribution in [0.25, 0.3) is 0 Å². The van der Waals surface area contributed by atoms with Crippen molar-refractivity contribution in [3.63, 3.8) is 0 Å². The molecule has 2 rings (SSSR count). The largest absolute Gasteiger partial charge is 0.325 e. The second-order valence-electron chi connectivity index (χ2n) is 6.12. The van der Waals surface area contributed by atoms with E-state index < -0.39 is 0 Å². The van der Waals surface area contributed by atoms with E-state index in [9.17, 15) is 4.79 Å². The van der Waals surface area contributed by atoms with Crippen molar-refractivity contribution >= 4 is 6.03 Å². The van der Waals surface area contributed by atoms with Crippen molar-refractivity contribution in [3.05, 3.63) is 0 Å². The molecule has 2 fully saturated rings. The van der Waals surface area contributed by atoms with Crippen LogP contribution < -0.4 is 0 Å². The quantitative estimate of drug-likeness (QED) is 0.714. The molecule has 0 aromatic carbocycles. The minimum absolute atomic E-state index is 0.259. The summed E-state index contributed by atoms with van der Waals surface area (Å²) in [6.45, 7) is 12.6. The Kier molecular flexibility index (Phi) is 4.15. The molecule has 104 valence electrons. The molecule has 0 aromatic heterocycles. The number of likely N-dealkylation sites (tertiary alicyclic amines) is 1. The first kappa shape index (κ1) is 13.7. The van der Waals surface area contributed by atoms with Crippen LogP contribution in [0.4, 0.5) is 4.79 Å². The molecular formula is C14H27N3O. The van der Waals surface area contributed by atoms with E-state index in [2.05, 4.69) is 37.5 Å². The lowest BCUT2D eigenvalue weighted by molar-refractivity contribution is 0.0255. The van der Waals surface area contributed by atoms with E-state index in [1.165, 1.54) is 12.8 Å². The van der Waals surface area contributed by atoms with Gasteiger partial charge < -0.3 is 9.80 Å². The Morgan fingerprint density at radius 3 is 1.94 bits per heavy atom. The Morgan fingerprint density at radius 2 is 1.50 bits per heavy atom. The maximum atomic E-state index is 12.4. The van der Waals surface area contributed by atoms with Crippen LogP contribution in [-0.2, 0) is 0 Å². The third kappa shape index (κ3) is 2.63. The van der Waals surface area contributed by atoms with Gasteiger partial charge in [-0.05, 0) is 40.5 Å². The summed E-state index contributed by atoms with van der Waals surface area (Å²) in [5.74, 6) is 0. The Morgan fingerprint density at radius 1 is 1.00 bits per heavy atom. The van der Waals surface area contributed by atoms with E-state index in [4.69, 9.17) is 0 Å². The van der Waals surface area contributed by atoms with Gasteiger partial charge >= 0.3 is 6.03 Å². The summed E-state index contributed by atoms with van der Waals surface area (Å²) in [5, 5.41) is 0. The zero-order valence-electron chi connectivity index (χ0n) is 12.2. The predicted octanol–water partition coefficient (Wildman–Crippen LogP) is 2.01. The van der Waals surface area contributed by atoms with Crippen LogP contribution in [0.1, 0.15) is 40.5 Å². The van der Waals surface area contributed by atoms with E-state index in [-0.39, 0.29) is 6.03 Å². The summed E-state index contributed by atoms with van der Waals surface area (Å²) in [4.78, 5) is 19.0. The van der Waals surface area contributed by atoms with Gasteiger partial charge in [-0.3, -0.25) is 4.90 Å². The van der Waals surface area contributed by atoms with Gasteiger partial charge in [-0.1, -0.05) is 0 Å². The number of carbonyl (C=O) groups excluding carboxylic acids is 1. The van der Waals surface area contributed by atoms with Gasteiger partial charge in [-0.25, -0.2) is 4.79 Å². The lowest BCUT2D eigenvalue weighted by atomic mass is 10.1. The summed E-state index contributed by atoms with van der Waals surface area (Å²) in [7, 11) is 0. The summed E-state index contributed by atoms with van der Waals surface area (Å²) >= 11 is 0. The van der Waals surface area contributed by atoms with Crippen LogP contribution in [-0.4, -0.2) is 65.0 Å². The molecule has 0 bridgehead atoms. The molecule has 0 aromatic rings. The number of hydrogen-bond donors (Lipinski definition) is 0. The second kappa shape index (κ2) is 5.47. The molecular weight excluding hydrogens is 226 g/mol. The number of amides is 2. The second-order valence-corrected chi connectivity index (χ2v) is 6.12. The molecule has 4 nitrogen and oxygen atoms in total. The van der Waals surface area contributed by atoms with Crippen LogP contribution in [0, 0.1) is 0 Å². The van der Waals surface area contributed by atoms with E-state index >= 15 is 0 Å². The van der Waals surface area contributed by atoms with Crippen molar-refractivity contribution in [2.45, 2.75) is 58.7 Å². The van der Waals surface area contributed by atoms with Crippen molar-refractivity contribution < 1.29 is 4.79 Å². The van der Waals surface area contributed by atoms with Gasteiger partial charge in [0.2, 0.25) is 0 Å². The molecule has 0 spiro atoms. The Hall–Kier alpha value is -0.770. The SMILES string of the molecule is CC(C)N1C(C)CN(C(=O)N2CCCC2)CC1C. The molecule has 18 heavy (non-hydrogen) atoms. The molecule has 2 saturated heterocycles. The lowest BCUT2D eigenvalue weighted by Crippen LogP contribution is -2.61. The topological polar surface area (TPSA) is 26.8 Å². The van der Waals surface area contributed by atoms with Gasteiger partial charge in [0.05, 0.1) is 0 Å². The van der Waals surface area contributed by atoms with Crippen molar-refractivity contribution in [3.8, 4) is 0 Å². The average Bonchev–Trinajstić information content (AvgIpc) is 2.79. The molecule has 0 radical (unpaired) electrons. The van der Waals surface area contributed by atoms with Gasteiger partial charge in [0.25, 0.3) is 0 Å². The van der Waals surface area contributed by atoms with Gasteiger partial charge in [-0.15, -0.1) is 0 Å². The van der Waals surface area contributed by atoms with Crippen molar-refractivity contribution in [2.75, 3.05) is 26.2 Å². The molecule has 0 N–H and O–H groups in total. The fourth-order valence-corrected chi connectivity index (χ4v) is 3.62. The summed E-state index contributed by atoms with van der Waals surface area (Å²) in [5.41, 5.74) is 0. The maximum Gasteiger partial charge on any atom is 0.320 e. The van der Waals surface area contributed by atoms with E-state index in [1.807, 2.05) is 4.90 Å². The standard InChI is InChI=1S/C14H27N3O/c1-11(2)17-12(3)9-16(10-13(17)4)14(18)15-7-5-6-8-15/h11-13H,5-10H2,1-4H3. The Bertz CT molecular complexity index is 287. The first-order chi connectivity index (χ1) is 8.50. The minimum Gasteiger partial charge on any atom is -0.325 e. The molecule has 0 aliphatic carbocycles. The number of urea groups is 1. The first-order valence-corrected chi connectivity index (χ1v) is 7.32. The van der Waals surface area contributed by atoms with E-state index in [0.717, 1.165) is 26.2 Å². The van der Waals surface area contributed by atoms with E-state index in [0.29, 0.717) is 18.1 Å². The number of rotatable bonds is 1. The van der Waals surface area contributed by atoms with Gasteiger partial charge in [-0.2, -0.15) is 0 Å². The Labute approximate surface area is 111 Å². The zero-order chi connectivity index (χ0) is 13.3. The molecule has 0 saturated carbocycles. The third-order valence-electron chi connectivity index (χ3n) is 4.23. The van der Waals surface area contributed by atoms with Crippen LogP contribution in [0.5, 0.6) is 0 Å². The van der Waals surface area contributed by atoms with Crippen molar-refractivity contribution in [1.82, 2.24) is 14.7 Å². The lowest BCUT2D eigenvalue weighted by Gasteiger charge is -2.47. The molecule has 2 unspecified atom stereocenters. The summed E-state index contributed by atoms with van der Waals surface area (Å²) < 4.78 is 0. The summed E-state index contributed by atoms with van der Waals surface area (Å²) in [6, 6.07) is 1.73. The number of carbonyl (C=O) groups is 1. The zero-order valence-corrected chi connectivity index (χ0v) is 12.2. The van der Waals surface area contributed by atoms with Crippen LogP contribution in [0.15, 0.2) is 0 Å². The van der Waals surface area contributed by atoms with Crippen LogP contribution in [0.3, 0.4) is 0 Å². The normalized spacial score (nSPS) is 30.3. The average molecular weight is 253 g/mol. The molecule has 2 aliphatic heterocycles. The van der Waals surface area contributed by atoms with Crippen molar-refractivity contribution in [1.29, 1.82) is 0 Å². The third-order valence-corrected chi connectivity index (χ3v) is 4.23. The number of nitrogens with zero attached hydrogens (tertiary/aromatic N) is 3. The Balaban J connectivity index is 1.98. The van der Waals surface area contributed by atoms with Gasteiger partial charge in [0.15, 0.2) is 0 Å². The monoisotopic (exact) mass is 253 g/mol. The minimum atomic E-state index is 0.259. The highest BCUT2D eigenvalue weighted by atomic mass is 16.2. The molecule has 2 aliphatic rings.